The van der Waals surface area contributed by atoms with E-state index in [0.717, 1.165) is 0 Å². The van der Waals surface area contributed by atoms with Crippen molar-refractivity contribution in [2.75, 3.05) is 13.2 Å². The van der Waals surface area contributed by atoms with Gasteiger partial charge in [0.1, 0.15) is 24.4 Å². The van der Waals surface area contributed by atoms with Crippen molar-refractivity contribution in [3.63, 3.8) is 0 Å². The van der Waals surface area contributed by atoms with E-state index < -0.39 is 53.7 Å². The summed E-state index contributed by atoms with van der Waals surface area (Å²) in [6.45, 7) is 8.49. The molecule has 3 N–H and O–H groups in total. The van der Waals surface area contributed by atoms with E-state index in [4.69, 9.17) is 29.1 Å². The highest BCUT2D eigenvalue weighted by atomic mass is 16.8. The summed E-state index contributed by atoms with van der Waals surface area (Å²) in [6.07, 6.45) is -5.72. The van der Waals surface area contributed by atoms with E-state index in [9.17, 15) is 15.3 Å². The fraction of sp³-hybridized carbons (Fsp3) is 0.875. The summed E-state index contributed by atoms with van der Waals surface area (Å²) in [4.78, 5) is 2.89. The maximum atomic E-state index is 10.7. The highest BCUT2D eigenvalue weighted by Gasteiger charge is 2.55. The van der Waals surface area contributed by atoms with Gasteiger partial charge in [-0.3, -0.25) is 0 Å². The summed E-state index contributed by atoms with van der Waals surface area (Å²) in [5, 5.41) is 40.2. The van der Waals surface area contributed by atoms with Crippen molar-refractivity contribution in [3.8, 4) is 0 Å². The van der Waals surface area contributed by atoms with Gasteiger partial charge < -0.3 is 39.0 Å². The number of diazo groups is 1. The zero-order chi connectivity index (χ0) is 19.7. The summed E-state index contributed by atoms with van der Waals surface area (Å²) in [5.74, 6) is -2.73. The SMILES string of the molecule is CCO/C(O)=C(\[N+]#N)[C@H](O)[C@H]1OC(C)(C)O[C@H]1[C@H](O)[C@H]1COC(C)(C)O1. The lowest BCUT2D eigenvalue weighted by Gasteiger charge is -2.27. The first-order valence-electron chi connectivity index (χ1n) is 8.46. The summed E-state index contributed by atoms with van der Waals surface area (Å²) >= 11 is 0. The quantitative estimate of drug-likeness (QED) is 0.459. The zero-order valence-corrected chi connectivity index (χ0v) is 15.6. The van der Waals surface area contributed by atoms with Crippen LogP contribution < -0.4 is 0 Å². The molecule has 148 valence electrons. The van der Waals surface area contributed by atoms with Crippen LogP contribution in [0.5, 0.6) is 0 Å². The summed E-state index contributed by atoms with van der Waals surface area (Å²) in [6, 6.07) is 0. The molecule has 0 aromatic heterocycles. The molecule has 0 aromatic carbocycles. The van der Waals surface area contributed by atoms with Gasteiger partial charge in [0.05, 0.1) is 13.2 Å². The van der Waals surface area contributed by atoms with Gasteiger partial charge in [-0.1, -0.05) is 0 Å². The average Bonchev–Trinajstić information content (AvgIpc) is 3.06. The van der Waals surface area contributed by atoms with Crippen LogP contribution in [0.2, 0.25) is 0 Å². The Hall–Kier alpha value is -1.48. The van der Waals surface area contributed by atoms with Gasteiger partial charge in [-0.25, -0.2) is 0 Å². The summed E-state index contributed by atoms with van der Waals surface area (Å²) in [7, 11) is 0. The smallest absolute Gasteiger partial charge is 0.471 e. The molecule has 0 amide bonds. The first-order valence-corrected chi connectivity index (χ1v) is 8.46. The lowest BCUT2D eigenvalue weighted by molar-refractivity contribution is -0.179. The molecule has 10 heteroatoms. The monoisotopic (exact) mass is 375 g/mol. The summed E-state index contributed by atoms with van der Waals surface area (Å²) in [5.41, 5.74) is -0.528. The molecular weight excluding hydrogens is 348 g/mol. The first-order chi connectivity index (χ1) is 12.0. The molecule has 0 radical (unpaired) electrons. The van der Waals surface area contributed by atoms with Crippen molar-refractivity contribution >= 4 is 0 Å². The number of aliphatic hydroxyl groups excluding tert-OH is 3. The van der Waals surface area contributed by atoms with Crippen LogP contribution in [0.4, 0.5) is 0 Å². The second kappa shape index (κ2) is 7.64. The second-order valence-electron chi connectivity index (χ2n) is 7.09. The molecule has 0 unspecified atom stereocenters. The van der Waals surface area contributed by atoms with Crippen molar-refractivity contribution in [3.05, 3.63) is 16.6 Å². The molecule has 10 nitrogen and oxygen atoms in total. The van der Waals surface area contributed by atoms with Crippen LogP contribution >= 0.6 is 0 Å². The molecular formula is C16H27N2O8+. The van der Waals surface area contributed by atoms with Crippen LogP contribution in [0.25, 0.3) is 4.98 Å². The number of ether oxygens (including phenoxy) is 5. The zero-order valence-electron chi connectivity index (χ0n) is 15.6. The molecule has 0 spiro atoms. The maximum Gasteiger partial charge on any atom is 0.471 e. The van der Waals surface area contributed by atoms with E-state index in [1.165, 1.54) is 0 Å². The van der Waals surface area contributed by atoms with E-state index in [1.54, 1.807) is 34.6 Å². The third-order valence-corrected chi connectivity index (χ3v) is 4.11. The van der Waals surface area contributed by atoms with Crippen LogP contribution in [-0.4, -0.2) is 70.6 Å². The highest BCUT2D eigenvalue weighted by molar-refractivity contribution is 5.19. The van der Waals surface area contributed by atoms with Crippen molar-refractivity contribution in [1.29, 1.82) is 5.39 Å². The van der Waals surface area contributed by atoms with Gasteiger partial charge in [0.25, 0.3) is 0 Å². The third-order valence-electron chi connectivity index (χ3n) is 4.11. The molecule has 0 bridgehead atoms. The van der Waals surface area contributed by atoms with E-state index in [2.05, 4.69) is 4.98 Å². The van der Waals surface area contributed by atoms with Crippen molar-refractivity contribution in [2.45, 2.75) is 76.7 Å². The summed E-state index contributed by atoms with van der Waals surface area (Å²) < 4.78 is 27.4. The van der Waals surface area contributed by atoms with Gasteiger partial charge in [0.2, 0.25) is 5.39 Å². The first kappa shape index (κ1) is 20.8. The molecule has 2 saturated heterocycles. The van der Waals surface area contributed by atoms with E-state index in [-0.39, 0.29) is 13.2 Å². The Morgan fingerprint density at radius 1 is 1.15 bits per heavy atom. The molecule has 0 saturated carbocycles. The number of hydrogen-bond acceptors (Lipinski definition) is 9. The third kappa shape index (κ3) is 4.43. The van der Waals surface area contributed by atoms with Crippen LogP contribution in [-0.2, 0) is 23.7 Å². The van der Waals surface area contributed by atoms with Gasteiger partial charge in [-0.05, 0) is 34.6 Å². The van der Waals surface area contributed by atoms with Gasteiger partial charge in [-0.2, -0.15) is 0 Å². The Morgan fingerprint density at radius 3 is 2.27 bits per heavy atom. The van der Waals surface area contributed by atoms with E-state index in [1.807, 2.05) is 0 Å². The molecule has 2 aliphatic rings. The second-order valence-corrected chi connectivity index (χ2v) is 7.09. The molecule has 2 heterocycles. The lowest BCUT2D eigenvalue weighted by Crippen LogP contribution is -2.49. The van der Waals surface area contributed by atoms with Gasteiger partial charge >= 0.3 is 11.6 Å². The number of aliphatic hydroxyl groups is 3. The normalized spacial score (nSPS) is 33.2. The Labute approximate surface area is 151 Å². The predicted molar refractivity (Wildman–Crippen MR) is 87.1 cm³/mol. The predicted octanol–water partition coefficient (Wildman–Crippen LogP) is 0.996. The molecule has 2 rings (SSSR count). The number of nitrogens with zero attached hydrogens (tertiary/aromatic N) is 2. The van der Waals surface area contributed by atoms with Crippen LogP contribution in [0.1, 0.15) is 34.6 Å². The van der Waals surface area contributed by atoms with Crippen LogP contribution in [0.3, 0.4) is 0 Å². The Bertz CT molecular complexity index is 585. The Morgan fingerprint density at radius 2 is 1.77 bits per heavy atom. The molecule has 5 atom stereocenters. The van der Waals surface area contributed by atoms with Crippen molar-refractivity contribution in [2.24, 2.45) is 0 Å². The minimum Gasteiger partial charge on any atom is -0.475 e. The highest BCUT2D eigenvalue weighted by Crippen LogP contribution is 2.37. The lowest BCUT2D eigenvalue weighted by atomic mass is 9.98. The van der Waals surface area contributed by atoms with Gasteiger partial charge in [0.15, 0.2) is 22.7 Å². The fourth-order valence-corrected chi connectivity index (χ4v) is 3.02. The van der Waals surface area contributed by atoms with E-state index >= 15 is 0 Å². The average molecular weight is 375 g/mol. The fourth-order valence-electron chi connectivity index (χ4n) is 3.02. The maximum absolute atomic E-state index is 10.7. The molecule has 0 aromatic rings. The van der Waals surface area contributed by atoms with Crippen LogP contribution in [0, 0.1) is 5.39 Å². The van der Waals surface area contributed by atoms with Gasteiger partial charge in [0, 0.05) is 0 Å². The molecule has 2 fully saturated rings. The Balaban J connectivity index is 2.24. The largest absolute Gasteiger partial charge is 0.475 e. The topological polar surface area (TPSA) is 135 Å². The van der Waals surface area contributed by atoms with E-state index in [0.29, 0.717) is 0 Å². The molecule has 0 aliphatic carbocycles. The number of rotatable bonds is 6. The molecule has 2 aliphatic heterocycles. The van der Waals surface area contributed by atoms with Crippen LogP contribution in [0.15, 0.2) is 11.6 Å². The molecule has 26 heavy (non-hydrogen) atoms. The number of hydrogen-bond donors (Lipinski definition) is 3. The Kier molecular flexibility index (Phi) is 6.12. The standard InChI is InChI=1S/C16H26N2O8/c1-6-22-14(21)9(18-17)11(20)13-12(25-16(4,5)26-13)10(19)8-7-23-15(2,3)24-8/h8,10-13,19-20H,6-7H2,1-5H3/p+1/b14-9-/t8-,10-,11+,12+,13-/m1/s1. The van der Waals surface area contributed by atoms with Crippen molar-refractivity contribution < 1.29 is 39.0 Å². The van der Waals surface area contributed by atoms with Gasteiger partial charge in [-0.15, -0.1) is 0 Å². The minimum absolute atomic E-state index is 0.0967. The van der Waals surface area contributed by atoms with Crippen molar-refractivity contribution in [1.82, 2.24) is 0 Å². The minimum atomic E-state index is -1.62.